The molecule has 3 aromatic heterocycles. The average Bonchev–Trinajstić information content (AvgIpc) is 2.96. The monoisotopic (exact) mass is 216 g/mol. The number of hydrogen-bond donors (Lipinski definition) is 3. The van der Waals surface area contributed by atoms with Crippen LogP contribution >= 0.6 is 0 Å². The smallest absolute Gasteiger partial charge is 0.185 e. The summed E-state index contributed by atoms with van der Waals surface area (Å²) in [7, 11) is 0. The highest BCUT2D eigenvalue weighted by molar-refractivity contribution is 5.60. The Kier molecular flexibility index (Phi) is 1.72. The van der Waals surface area contributed by atoms with E-state index in [2.05, 4.69) is 30.6 Å². The fourth-order valence-electron chi connectivity index (χ4n) is 1.43. The second-order valence-corrected chi connectivity index (χ2v) is 3.19. The van der Waals surface area contributed by atoms with Gasteiger partial charge < -0.3 is 5.84 Å². The van der Waals surface area contributed by atoms with Gasteiger partial charge in [0.25, 0.3) is 0 Å². The van der Waals surface area contributed by atoms with Crippen LogP contribution in [0.25, 0.3) is 22.8 Å². The molecule has 0 atom stereocenters. The van der Waals surface area contributed by atoms with Gasteiger partial charge in [0.2, 0.25) is 0 Å². The molecule has 0 fully saturated rings. The van der Waals surface area contributed by atoms with Crippen LogP contribution in [0.4, 0.5) is 0 Å². The first kappa shape index (κ1) is 8.65. The molecule has 0 spiro atoms. The molecule has 16 heavy (non-hydrogen) atoms. The average molecular weight is 216 g/mol. The van der Waals surface area contributed by atoms with E-state index < -0.39 is 0 Å². The molecule has 0 aliphatic heterocycles. The van der Waals surface area contributed by atoms with Gasteiger partial charge in [0.15, 0.2) is 11.6 Å². The minimum absolute atomic E-state index is 0.546. The van der Waals surface area contributed by atoms with Gasteiger partial charge >= 0.3 is 0 Å². The van der Waals surface area contributed by atoms with Crippen molar-refractivity contribution in [2.24, 2.45) is 0 Å². The predicted molar refractivity (Wildman–Crippen MR) is 55.3 cm³/mol. The molecule has 8 nitrogen and oxygen atoms in total. The zero-order valence-electron chi connectivity index (χ0n) is 8.12. The fourth-order valence-corrected chi connectivity index (χ4v) is 1.43. The second-order valence-electron chi connectivity index (χ2n) is 3.19. The van der Waals surface area contributed by atoms with Gasteiger partial charge in [-0.05, 0) is 0 Å². The van der Waals surface area contributed by atoms with Crippen LogP contribution in [0.5, 0.6) is 0 Å². The van der Waals surface area contributed by atoms with Gasteiger partial charge in [0.05, 0.1) is 23.5 Å². The van der Waals surface area contributed by atoms with Gasteiger partial charge in [-0.2, -0.15) is 10.2 Å². The number of hydrogen-bond acceptors (Lipinski definition) is 5. The van der Waals surface area contributed by atoms with E-state index in [1.807, 2.05) is 0 Å². The van der Waals surface area contributed by atoms with E-state index in [1.165, 1.54) is 4.68 Å². The van der Waals surface area contributed by atoms with Gasteiger partial charge in [-0.25, -0.2) is 4.68 Å². The summed E-state index contributed by atoms with van der Waals surface area (Å²) in [5.41, 5.74) is 1.56. The van der Waals surface area contributed by atoms with Gasteiger partial charge in [0, 0.05) is 12.4 Å². The summed E-state index contributed by atoms with van der Waals surface area (Å²) in [6.07, 6.45) is 6.66. The first-order valence-electron chi connectivity index (χ1n) is 4.55. The molecule has 0 saturated carbocycles. The number of nitrogen functional groups attached to an aromatic ring is 1. The van der Waals surface area contributed by atoms with E-state index in [4.69, 9.17) is 5.84 Å². The molecule has 0 bridgehead atoms. The second kappa shape index (κ2) is 3.19. The van der Waals surface area contributed by atoms with Crippen molar-refractivity contribution in [2.75, 3.05) is 5.84 Å². The van der Waals surface area contributed by atoms with Crippen LogP contribution in [-0.4, -0.2) is 35.3 Å². The lowest BCUT2D eigenvalue weighted by Gasteiger charge is -1.99. The molecule has 80 valence electrons. The van der Waals surface area contributed by atoms with E-state index in [-0.39, 0.29) is 0 Å². The molecule has 0 aliphatic rings. The molecule has 0 aromatic carbocycles. The minimum atomic E-state index is 0.546. The quantitative estimate of drug-likeness (QED) is 0.512. The van der Waals surface area contributed by atoms with Gasteiger partial charge in [0.1, 0.15) is 0 Å². The maximum absolute atomic E-state index is 5.89. The lowest BCUT2D eigenvalue weighted by molar-refractivity contribution is 1.02. The Morgan fingerprint density at radius 1 is 0.938 bits per heavy atom. The molecule has 3 aromatic rings. The Labute approximate surface area is 89.5 Å². The highest BCUT2D eigenvalue weighted by Gasteiger charge is 2.14. The largest absolute Gasteiger partial charge is 0.336 e. The van der Waals surface area contributed by atoms with Crippen molar-refractivity contribution in [3.05, 3.63) is 24.8 Å². The maximum Gasteiger partial charge on any atom is 0.185 e. The Morgan fingerprint density at radius 2 is 1.44 bits per heavy atom. The molecular formula is C8H8N8. The first-order valence-corrected chi connectivity index (χ1v) is 4.55. The number of aromatic amines is 2. The van der Waals surface area contributed by atoms with Crippen molar-refractivity contribution in [1.29, 1.82) is 0 Å². The molecule has 3 rings (SSSR count). The highest BCUT2D eigenvalue weighted by Crippen LogP contribution is 2.19. The number of nitrogens with zero attached hydrogens (tertiary/aromatic N) is 5. The van der Waals surface area contributed by atoms with E-state index in [0.29, 0.717) is 11.6 Å². The van der Waals surface area contributed by atoms with Crippen molar-refractivity contribution < 1.29 is 0 Å². The van der Waals surface area contributed by atoms with Crippen molar-refractivity contribution in [3.63, 3.8) is 0 Å². The summed E-state index contributed by atoms with van der Waals surface area (Å²) >= 11 is 0. The van der Waals surface area contributed by atoms with Crippen LogP contribution in [0.2, 0.25) is 0 Å². The van der Waals surface area contributed by atoms with E-state index >= 15 is 0 Å². The number of aromatic nitrogens is 7. The molecule has 8 heteroatoms. The lowest BCUT2D eigenvalue weighted by Crippen LogP contribution is -2.11. The number of H-pyrrole nitrogens is 2. The third-order valence-electron chi connectivity index (χ3n) is 2.21. The Morgan fingerprint density at radius 3 is 1.81 bits per heavy atom. The molecule has 0 radical (unpaired) electrons. The van der Waals surface area contributed by atoms with E-state index in [1.54, 1.807) is 24.8 Å². The predicted octanol–water partition coefficient (Wildman–Crippen LogP) is -0.228. The zero-order valence-corrected chi connectivity index (χ0v) is 8.12. The van der Waals surface area contributed by atoms with Crippen LogP contribution < -0.4 is 5.84 Å². The third-order valence-corrected chi connectivity index (χ3v) is 2.21. The Bertz CT molecular complexity index is 524. The van der Waals surface area contributed by atoms with Crippen LogP contribution in [0, 0.1) is 0 Å². The topological polar surface area (TPSA) is 114 Å². The highest BCUT2D eigenvalue weighted by atomic mass is 15.4. The maximum atomic E-state index is 5.89. The van der Waals surface area contributed by atoms with E-state index in [0.717, 1.165) is 11.1 Å². The van der Waals surface area contributed by atoms with Crippen molar-refractivity contribution >= 4 is 0 Å². The number of rotatable bonds is 2. The first-order chi connectivity index (χ1) is 7.86. The molecule has 0 saturated heterocycles. The molecule has 3 heterocycles. The summed E-state index contributed by atoms with van der Waals surface area (Å²) in [5, 5.41) is 21.1. The molecular weight excluding hydrogens is 208 g/mol. The summed E-state index contributed by atoms with van der Waals surface area (Å²) in [5.74, 6) is 6.99. The minimum Gasteiger partial charge on any atom is -0.336 e. The SMILES string of the molecule is Nn1c(-c2cn[nH]c2)nnc1-c1cn[nH]c1. The lowest BCUT2D eigenvalue weighted by atomic mass is 10.3. The van der Waals surface area contributed by atoms with Gasteiger partial charge in [-0.15, -0.1) is 10.2 Å². The van der Waals surface area contributed by atoms with Crippen molar-refractivity contribution in [3.8, 4) is 22.8 Å². The van der Waals surface area contributed by atoms with Gasteiger partial charge in [-0.1, -0.05) is 0 Å². The van der Waals surface area contributed by atoms with E-state index in [9.17, 15) is 0 Å². The summed E-state index contributed by atoms with van der Waals surface area (Å²) in [4.78, 5) is 0. The molecule has 0 amide bonds. The molecule has 4 N–H and O–H groups in total. The van der Waals surface area contributed by atoms with Crippen LogP contribution in [0.15, 0.2) is 24.8 Å². The summed E-state index contributed by atoms with van der Waals surface area (Å²) in [6.45, 7) is 0. The normalized spacial score (nSPS) is 10.8. The fraction of sp³-hybridized carbons (Fsp3) is 0. The molecule has 0 aliphatic carbocycles. The van der Waals surface area contributed by atoms with Crippen molar-refractivity contribution in [2.45, 2.75) is 0 Å². The summed E-state index contributed by atoms with van der Waals surface area (Å²) < 4.78 is 1.40. The van der Waals surface area contributed by atoms with Gasteiger partial charge in [-0.3, -0.25) is 10.2 Å². The molecule has 0 unspecified atom stereocenters. The Hall–Kier alpha value is -2.64. The summed E-state index contributed by atoms with van der Waals surface area (Å²) in [6, 6.07) is 0. The van der Waals surface area contributed by atoms with Crippen LogP contribution in [0.1, 0.15) is 0 Å². The number of nitrogens with two attached hydrogens (primary N) is 1. The van der Waals surface area contributed by atoms with Crippen LogP contribution in [0.3, 0.4) is 0 Å². The van der Waals surface area contributed by atoms with Crippen LogP contribution in [-0.2, 0) is 0 Å². The Balaban J connectivity index is 2.12. The zero-order chi connectivity index (χ0) is 11.0. The standard InChI is InChI=1S/C8H8N8/c9-16-7(5-1-10-11-2-5)14-15-8(16)6-3-12-13-4-6/h1-4H,9H2,(H,10,11)(H,12,13). The third kappa shape index (κ3) is 1.16. The number of nitrogens with one attached hydrogen (secondary N) is 2. The van der Waals surface area contributed by atoms with Crippen molar-refractivity contribution in [1.82, 2.24) is 35.3 Å².